The molecule has 0 aliphatic heterocycles. The van der Waals surface area contributed by atoms with Crippen LogP contribution >= 0.6 is 0 Å². The molecule has 0 N–H and O–H groups in total. The fraction of sp³-hybridized carbons (Fsp3) is 0.235. The first kappa shape index (κ1) is 17.0. The van der Waals surface area contributed by atoms with Gasteiger partial charge in [-0.25, -0.2) is 4.79 Å². The molecule has 0 saturated carbocycles. The molecule has 2 rings (SSSR count). The first-order valence-electron chi connectivity index (χ1n) is 6.73. The molecule has 6 heteroatoms. The number of halogens is 3. The van der Waals surface area contributed by atoms with E-state index in [9.17, 15) is 18.0 Å². The van der Waals surface area contributed by atoms with Gasteiger partial charge in [-0.2, -0.15) is 13.2 Å². The molecule has 23 heavy (non-hydrogen) atoms. The minimum atomic E-state index is -4.53. The monoisotopic (exact) mass is 324 g/mol. The second-order valence-electron chi connectivity index (χ2n) is 4.82. The van der Waals surface area contributed by atoms with E-state index in [4.69, 9.17) is 9.47 Å². The van der Waals surface area contributed by atoms with E-state index in [1.165, 1.54) is 19.2 Å². The number of hydrogen-bond acceptors (Lipinski definition) is 3. The van der Waals surface area contributed by atoms with E-state index in [1.807, 2.05) is 0 Å². The zero-order chi connectivity index (χ0) is 17.1. The normalized spacial score (nSPS) is 14.1. The molecule has 1 unspecified atom stereocenters. The minimum absolute atomic E-state index is 0.0490. The van der Waals surface area contributed by atoms with Gasteiger partial charge in [0.05, 0.1) is 12.7 Å². The number of alkyl halides is 3. The lowest BCUT2D eigenvalue weighted by molar-refractivity contribution is -0.162. The predicted molar refractivity (Wildman–Crippen MR) is 77.7 cm³/mol. The SMILES string of the molecule is COC(=O)C(OC)(c1ccccc1)c1cccc(C(F)(F)F)c1. The zero-order valence-corrected chi connectivity index (χ0v) is 12.6. The van der Waals surface area contributed by atoms with Crippen LogP contribution in [0, 0.1) is 0 Å². The van der Waals surface area contributed by atoms with Crippen molar-refractivity contribution in [1.29, 1.82) is 0 Å². The Labute approximate surface area is 131 Å². The largest absolute Gasteiger partial charge is 0.466 e. The lowest BCUT2D eigenvalue weighted by atomic mass is 9.85. The molecule has 0 aliphatic rings. The highest BCUT2D eigenvalue weighted by Gasteiger charge is 2.45. The molecule has 0 aromatic heterocycles. The molecule has 0 fully saturated rings. The molecule has 0 radical (unpaired) electrons. The Morgan fingerprint density at radius 1 is 0.870 bits per heavy atom. The summed E-state index contributed by atoms with van der Waals surface area (Å²) in [7, 11) is 2.41. The molecule has 122 valence electrons. The maximum Gasteiger partial charge on any atom is 0.416 e. The maximum atomic E-state index is 13.0. The van der Waals surface area contributed by atoms with Crippen molar-refractivity contribution in [2.24, 2.45) is 0 Å². The van der Waals surface area contributed by atoms with Crippen LogP contribution in [-0.2, 0) is 26.0 Å². The van der Waals surface area contributed by atoms with Crippen LogP contribution in [0.15, 0.2) is 54.6 Å². The fourth-order valence-corrected chi connectivity index (χ4v) is 2.45. The van der Waals surface area contributed by atoms with Crippen molar-refractivity contribution in [3.05, 3.63) is 71.3 Å². The molecule has 2 aromatic rings. The predicted octanol–water partition coefficient (Wildman–Crippen LogP) is 3.77. The van der Waals surface area contributed by atoms with Gasteiger partial charge in [0.2, 0.25) is 5.60 Å². The van der Waals surface area contributed by atoms with Crippen molar-refractivity contribution in [1.82, 2.24) is 0 Å². The second-order valence-corrected chi connectivity index (χ2v) is 4.82. The molecule has 0 spiro atoms. The van der Waals surface area contributed by atoms with Crippen LogP contribution in [0.4, 0.5) is 13.2 Å². The third-order valence-electron chi connectivity index (χ3n) is 3.56. The van der Waals surface area contributed by atoms with Gasteiger partial charge in [0, 0.05) is 12.7 Å². The van der Waals surface area contributed by atoms with Gasteiger partial charge in [0.25, 0.3) is 0 Å². The summed E-state index contributed by atoms with van der Waals surface area (Å²) in [6.07, 6.45) is -4.53. The smallest absolute Gasteiger partial charge is 0.416 e. The van der Waals surface area contributed by atoms with Crippen molar-refractivity contribution in [3.63, 3.8) is 0 Å². The van der Waals surface area contributed by atoms with Gasteiger partial charge in [-0.05, 0) is 17.7 Å². The molecule has 0 heterocycles. The maximum absolute atomic E-state index is 13.0. The third kappa shape index (κ3) is 3.07. The summed E-state index contributed by atoms with van der Waals surface area (Å²) < 4.78 is 49.1. The number of rotatable bonds is 4. The van der Waals surface area contributed by atoms with Gasteiger partial charge in [-0.15, -0.1) is 0 Å². The van der Waals surface area contributed by atoms with Crippen LogP contribution in [0.5, 0.6) is 0 Å². The van der Waals surface area contributed by atoms with Crippen LogP contribution in [-0.4, -0.2) is 20.2 Å². The van der Waals surface area contributed by atoms with Gasteiger partial charge in [0.15, 0.2) is 0 Å². The highest BCUT2D eigenvalue weighted by molar-refractivity contribution is 5.85. The van der Waals surface area contributed by atoms with Crippen LogP contribution in [0.3, 0.4) is 0 Å². The number of carbonyl (C=O) groups excluding carboxylic acids is 1. The number of carbonyl (C=O) groups is 1. The summed E-state index contributed by atoms with van der Waals surface area (Å²) >= 11 is 0. The standard InChI is InChI=1S/C17H15F3O3/c1-22-15(21)16(23-2,12-7-4-3-5-8-12)13-9-6-10-14(11-13)17(18,19)20/h3-11H,1-2H3. The summed E-state index contributed by atoms with van der Waals surface area (Å²) in [5.41, 5.74) is -2.20. The minimum Gasteiger partial charge on any atom is -0.466 e. The van der Waals surface area contributed by atoms with E-state index >= 15 is 0 Å². The molecule has 0 amide bonds. The first-order valence-corrected chi connectivity index (χ1v) is 6.73. The van der Waals surface area contributed by atoms with Crippen molar-refractivity contribution < 1.29 is 27.4 Å². The van der Waals surface area contributed by atoms with E-state index in [-0.39, 0.29) is 5.56 Å². The van der Waals surface area contributed by atoms with Crippen molar-refractivity contribution in [3.8, 4) is 0 Å². The molecule has 0 bridgehead atoms. The van der Waals surface area contributed by atoms with E-state index in [0.717, 1.165) is 19.2 Å². The van der Waals surface area contributed by atoms with Crippen molar-refractivity contribution in [2.45, 2.75) is 11.8 Å². The molecule has 2 aromatic carbocycles. The number of esters is 1. The Bertz CT molecular complexity index is 683. The van der Waals surface area contributed by atoms with Crippen molar-refractivity contribution >= 4 is 5.97 Å². The number of hydrogen-bond donors (Lipinski definition) is 0. The Morgan fingerprint density at radius 2 is 1.43 bits per heavy atom. The molecular formula is C17H15F3O3. The van der Waals surface area contributed by atoms with Gasteiger partial charge in [-0.3, -0.25) is 0 Å². The Balaban J connectivity index is 2.71. The molecular weight excluding hydrogens is 309 g/mol. The van der Waals surface area contributed by atoms with E-state index < -0.39 is 23.3 Å². The van der Waals surface area contributed by atoms with E-state index in [0.29, 0.717) is 5.56 Å². The van der Waals surface area contributed by atoms with Crippen LogP contribution in [0.1, 0.15) is 16.7 Å². The highest BCUT2D eigenvalue weighted by atomic mass is 19.4. The third-order valence-corrected chi connectivity index (χ3v) is 3.56. The topological polar surface area (TPSA) is 35.5 Å². The van der Waals surface area contributed by atoms with Crippen LogP contribution < -0.4 is 0 Å². The Kier molecular flexibility index (Phi) is 4.75. The molecule has 1 atom stereocenters. The summed E-state index contributed by atoms with van der Waals surface area (Å²) in [6.45, 7) is 0. The number of methoxy groups -OCH3 is 2. The average molecular weight is 324 g/mol. The summed E-state index contributed by atoms with van der Waals surface area (Å²) in [6, 6.07) is 12.7. The Hall–Kier alpha value is -2.34. The molecule has 3 nitrogen and oxygen atoms in total. The van der Waals surface area contributed by atoms with E-state index in [2.05, 4.69) is 0 Å². The lowest BCUT2D eigenvalue weighted by Gasteiger charge is -2.31. The van der Waals surface area contributed by atoms with Crippen molar-refractivity contribution in [2.75, 3.05) is 14.2 Å². The zero-order valence-electron chi connectivity index (χ0n) is 12.6. The number of benzene rings is 2. The first-order chi connectivity index (χ1) is 10.9. The van der Waals surface area contributed by atoms with E-state index in [1.54, 1.807) is 30.3 Å². The van der Waals surface area contributed by atoms with Gasteiger partial charge < -0.3 is 9.47 Å². The Morgan fingerprint density at radius 3 is 1.96 bits per heavy atom. The second kappa shape index (κ2) is 6.42. The fourth-order valence-electron chi connectivity index (χ4n) is 2.45. The van der Waals surface area contributed by atoms with Crippen LogP contribution in [0.2, 0.25) is 0 Å². The molecule has 0 saturated heterocycles. The average Bonchev–Trinajstić information content (AvgIpc) is 2.56. The summed E-state index contributed by atoms with van der Waals surface area (Å²) in [5.74, 6) is -0.800. The lowest BCUT2D eigenvalue weighted by Crippen LogP contribution is -2.40. The quantitative estimate of drug-likeness (QED) is 0.803. The van der Waals surface area contributed by atoms with Gasteiger partial charge in [-0.1, -0.05) is 42.5 Å². The van der Waals surface area contributed by atoms with Gasteiger partial charge >= 0.3 is 12.1 Å². The van der Waals surface area contributed by atoms with Gasteiger partial charge in [0.1, 0.15) is 0 Å². The summed E-state index contributed by atoms with van der Waals surface area (Å²) in [5, 5.41) is 0. The van der Waals surface area contributed by atoms with Crippen LogP contribution in [0.25, 0.3) is 0 Å². The summed E-state index contributed by atoms with van der Waals surface area (Å²) in [4.78, 5) is 12.4. The highest BCUT2D eigenvalue weighted by Crippen LogP contribution is 2.37. The molecule has 0 aliphatic carbocycles. The number of ether oxygens (including phenoxy) is 2.